The van der Waals surface area contributed by atoms with Crippen LogP contribution >= 0.6 is 0 Å². The van der Waals surface area contributed by atoms with Gasteiger partial charge in [-0.1, -0.05) is 63.1 Å². The lowest BCUT2D eigenvalue weighted by atomic mass is 10.1. The highest BCUT2D eigenvalue weighted by atomic mass is 13.9. The van der Waals surface area contributed by atoms with Crippen molar-refractivity contribution < 1.29 is 0 Å². The molecule has 0 atom stereocenters. The molecule has 0 radical (unpaired) electrons. The molecule has 0 aliphatic rings. The van der Waals surface area contributed by atoms with Crippen molar-refractivity contribution in [3.63, 3.8) is 0 Å². The fraction of sp³-hybridized carbons (Fsp3) is 0.538. The van der Waals surface area contributed by atoms with Gasteiger partial charge in [0.2, 0.25) is 0 Å². The van der Waals surface area contributed by atoms with Gasteiger partial charge in [-0.15, -0.1) is 0 Å². The zero-order chi connectivity index (χ0) is 10.1. The maximum Gasteiger partial charge on any atom is -0.0287 e. The Hall–Kier alpha value is -0.780. The number of allylic oxidation sites excluding steroid dienone is 5. The van der Waals surface area contributed by atoms with Gasteiger partial charge in [-0.3, -0.25) is 0 Å². The van der Waals surface area contributed by atoms with Crippen molar-refractivity contribution in [3.8, 4) is 0 Å². The third-order valence-corrected chi connectivity index (χ3v) is 1.98. The Kier molecular flexibility index (Phi) is 7.38. The molecule has 0 aliphatic carbocycles. The summed E-state index contributed by atoms with van der Waals surface area (Å²) in [6.45, 7) is 10.5. The molecule has 0 N–H and O–H groups in total. The second kappa shape index (κ2) is 7.85. The first-order valence-corrected chi connectivity index (χ1v) is 5.29. The molecule has 0 rings (SSSR count). The SMILES string of the molecule is C=C(C=CC(=CCC)CC)CCC. The number of rotatable bonds is 6. The number of hydrogen-bond donors (Lipinski definition) is 0. The Balaban J connectivity index is 4.07. The Morgan fingerprint density at radius 1 is 1.15 bits per heavy atom. The van der Waals surface area contributed by atoms with E-state index in [-0.39, 0.29) is 0 Å². The van der Waals surface area contributed by atoms with Crippen LogP contribution < -0.4 is 0 Å². The molecule has 0 unspecified atom stereocenters. The molecule has 74 valence electrons. The Morgan fingerprint density at radius 3 is 2.31 bits per heavy atom. The summed E-state index contributed by atoms with van der Waals surface area (Å²) in [5.41, 5.74) is 2.65. The van der Waals surface area contributed by atoms with Crippen LogP contribution in [0.15, 0.2) is 36.0 Å². The highest BCUT2D eigenvalue weighted by Crippen LogP contribution is 2.08. The van der Waals surface area contributed by atoms with Crippen molar-refractivity contribution in [1.29, 1.82) is 0 Å². The highest BCUT2D eigenvalue weighted by molar-refractivity contribution is 5.25. The fourth-order valence-corrected chi connectivity index (χ4v) is 1.22. The van der Waals surface area contributed by atoms with E-state index >= 15 is 0 Å². The van der Waals surface area contributed by atoms with Gasteiger partial charge in [0, 0.05) is 0 Å². The van der Waals surface area contributed by atoms with E-state index in [9.17, 15) is 0 Å². The second-order valence-electron chi connectivity index (χ2n) is 3.28. The van der Waals surface area contributed by atoms with Crippen LogP contribution in [0, 0.1) is 0 Å². The first kappa shape index (κ1) is 12.2. The zero-order valence-corrected chi connectivity index (χ0v) is 9.27. The predicted molar refractivity (Wildman–Crippen MR) is 61.9 cm³/mol. The normalized spacial score (nSPS) is 12.4. The van der Waals surface area contributed by atoms with Crippen LogP contribution in [0.1, 0.15) is 46.5 Å². The van der Waals surface area contributed by atoms with Crippen LogP contribution in [0.4, 0.5) is 0 Å². The van der Waals surface area contributed by atoms with E-state index in [1.54, 1.807) is 0 Å². The zero-order valence-electron chi connectivity index (χ0n) is 9.27. The van der Waals surface area contributed by atoms with Gasteiger partial charge in [-0.05, 0) is 19.3 Å². The Labute approximate surface area is 83.0 Å². The van der Waals surface area contributed by atoms with Crippen molar-refractivity contribution in [3.05, 3.63) is 36.0 Å². The van der Waals surface area contributed by atoms with Gasteiger partial charge in [-0.25, -0.2) is 0 Å². The molecule has 0 fully saturated rings. The van der Waals surface area contributed by atoms with Gasteiger partial charge in [0.15, 0.2) is 0 Å². The van der Waals surface area contributed by atoms with Gasteiger partial charge in [0.1, 0.15) is 0 Å². The third kappa shape index (κ3) is 6.39. The molecule has 0 saturated heterocycles. The molecule has 13 heavy (non-hydrogen) atoms. The first-order valence-electron chi connectivity index (χ1n) is 5.29. The highest BCUT2D eigenvalue weighted by Gasteiger charge is 1.88. The minimum absolute atomic E-state index is 1.11. The summed E-state index contributed by atoms with van der Waals surface area (Å²) in [6, 6.07) is 0. The number of hydrogen-bond acceptors (Lipinski definition) is 0. The Bertz CT molecular complexity index is 194. The molecule has 0 heteroatoms. The molecule has 0 aromatic heterocycles. The van der Waals surface area contributed by atoms with Crippen molar-refractivity contribution in [2.24, 2.45) is 0 Å². The van der Waals surface area contributed by atoms with E-state index in [2.05, 4.69) is 45.6 Å². The molecule has 0 aromatic carbocycles. The van der Waals surface area contributed by atoms with Gasteiger partial charge < -0.3 is 0 Å². The lowest BCUT2D eigenvalue weighted by Crippen LogP contribution is -1.77. The standard InChI is InChI=1S/C13H22/c1-5-8-12(4)10-11-13(7-3)9-6-2/h9-11H,4-8H2,1-3H3. The molecule has 0 nitrogen and oxygen atoms in total. The summed E-state index contributed by atoms with van der Waals surface area (Å²) in [5.74, 6) is 0. The van der Waals surface area contributed by atoms with Crippen LogP contribution in [-0.4, -0.2) is 0 Å². The average Bonchev–Trinajstić information content (AvgIpc) is 2.12. The predicted octanol–water partition coefficient (Wildman–Crippen LogP) is 4.65. The topological polar surface area (TPSA) is 0 Å². The van der Waals surface area contributed by atoms with E-state index in [0.717, 1.165) is 19.3 Å². The van der Waals surface area contributed by atoms with E-state index in [1.807, 2.05) is 0 Å². The summed E-state index contributed by atoms with van der Waals surface area (Å²) in [4.78, 5) is 0. The summed E-state index contributed by atoms with van der Waals surface area (Å²) in [5, 5.41) is 0. The average molecular weight is 178 g/mol. The van der Waals surface area contributed by atoms with Crippen molar-refractivity contribution in [1.82, 2.24) is 0 Å². The van der Waals surface area contributed by atoms with Gasteiger partial charge in [0.25, 0.3) is 0 Å². The molecule has 0 amide bonds. The fourth-order valence-electron chi connectivity index (χ4n) is 1.22. The van der Waals surface area contributed by atoms with Gasteiger partial charge in [-0.2, -0.15) is 0 Å². The first-order chi connectivity index (χ1) is 6.24. The summed E-state index contributed by atoms with van der Waals surface area (Å²) < 4.78 is 0. The van der Waals surface area contributed by atoms with Crippen LogP contribution in [0.5, 0.6) is 0 Å². The van der Waals surface area contributed by atoms with E-state index in [4.69, 9.17) is 0 Å². The van der Waals surface area contributed by atoms with Gasteiger partial charge in [0.05, 0.1) is 0 Å². The molecule has 0 heterocycles. The maximum atomic E-state index is 4.00. The van der Waals surface area contributed by atoms with E-state index in [0.29, 0.717) is 0 Å². The Morgan fingerprint density at radius 2 is 1.85 bits per heavy atom. The van der Waals surface area contributed by atoms with Crippen LogP contribution in [-0.2, 0) is 0 Å². The molecule has 0 spiro atoms. The van der Waals surface area contributed by atoms with Crippen molar-refractivity contribution >= 4 is 0 Å². The van der Waals surface area contributed by atoms with Crippen molar-refractivity contribution in [2.45, 2.75) is 46.5 Å². The molecule has 0 aliphatic heterocycles. The minimum Gasteiger partial charge on any atom is -0.0958 e. The molecular formula is C13H22. The van der Waals surface area contributed by atoms with Crippen LogP contribution in [0.3, 0.4) is 0 Å². The minimum atomic E-state index is 1.11. The lowest BCUT2D eigenvalue weighted by molar-refractivity contribution is 0.929. The second-order valence-corrected chi connectivity index (χ2v) is 3.28. The van der Waals surface area contributed by atoms with Crippen LogP contribution in [0.25, 0.3) is 0 Å². The quantitative estimate of drug-likeness (QED) is 0.519. The van der Waals surface area contributed by atoms with E-state index in [1.165, 1.54) is 17.6 Å². The molecule has 0 saturated carbocycles. The maximum absolute atomic E-state index is 4.00. The summed E-state index contributed by atoms with van der Waals surface area (Å²) in [6.07, 6.45) is 11.1. The molecular weight excluding hydrogens is 156 g/mol. The third-order valence-electron chi connectivity index (χ3n) is 1.98. The lowest BCUT2D eigenvalue weighted by Gasteiger charge is -1.98. The largest absolute Gasteiger partial charge is 0.0958 e. The molecule has 0 aromatic rings. The van der Waals surface area contributed by atoms with Gasteiger partial charge >= 0.3 is 0 Å². The smallest absolute Gasteiger partial charge is 0.0287 e. The molecule has 0 bridgehead atoms. The van der Waals surface area contributed by atoms with Crippen molar-refractivity contribution in [2.75, 3.05) is 0 Å². The van der Waals surface area contributed by atoms with E-state index < -0.39 is 0 Å². The summed E-state index contributed by atoms with van der Waals surface area (Å²) >= 11 is 0. The van der Waals surface area contributed by atoms with Crippen LogP contribution in [0.2, 0.25) is 0 Å². The monoisotopic (exact) mass is 178 g/mol. The summed E-state index contributed by atoms with van der Waals surface area (Å²) in [7, 11) is 0.